The van der Waals surface area contributed by atoms with Gasteiger partial charge in [-0.15, -0.1) is 0 Å². The summed E-state index contributed by atoms with van der Waals surface area (Å²) >= 11 is 0. The van der Waals surface area contributed by atoms with E-state index in [0.29, 0.717) is 12.2 Å². The summed E-state index contributed by atoms with van der Waals surface area (Å²) < 4.78 is 6.48. The highest BCUT2D eigenvalue weighted by atomic mass is 16.5. The maximum absolute atomic E-state index is 13.8. The van der Waals surface area contributed by atoms with Crippen LogP contribution < -0.4 is 10.2 Å². The summed E-state index contributed by atoms with van der Waals surface area (Å²) in [6.07, 6.45) is 0. The average Bonchev–Trinajstić information content (AvgIpc) is 3.24. The molecular weight excluding hydrogens is 432 g/mol. The molecule has 2 heterocycles. The van der Waals surface area contributed by atoms with Gasteiger partial charge in [0.1, 0.15) is 11.2 Å². The average molecular weight is 461 g/mol. The van der Waals surface area contributed by atoms with Crippen molar-refractivity contribution >= 4 is 23.5 Å². The number of hydrogen-bond acceptors (Lipinski definition) is 5. The molecule has 0 aliphatic carbocycles. The van der Waals surface area contributed by atoms with Crippen LogP contribution in [0.5, 0.6) is 0 Å². The van der Waals surface area contributed by atoms with E-state index in [1.807, 2.05) is 62.4 Å². The van der Waals surface area contributed by atoms with Crippen molar-refractivity contribution in [2.75, 3.05) is 11.5 Å². The molecule has 1 aliphatic heterocycles. The number of nitrogens with one attached hydrogen (secondary N) is 1. The van der Waals surface area contributed by atoms with Crippen LogP contribution in [0.15, 0.2) is 54.6 Å². The lowest BCUT2D eigenvalue weighted by molar-refractivity contribution is -0.126. The van der Waals surface area contributed by atoms with Crippen molar-refractivity contribution in [3.8, 4) is 0 Å². The normalized spacial score (nSPS) is 17.3. The zero-order valence-corrected chi connectivity index (χ0v) is 19.8. The summed E-state index contributed by atoms with van der Waals surface area (Å²) in [5, 5.41) is 7.28. The Bertz CT molecular complexity index is 1250. The predicted molar refractivity (Wildman–Crippen MR) is 128 cm³/mol. The monoisotopic (exact) mass is 460 g/mol. The number of esters is 1. The summed E-state index contributed by atoms with van der Waals surface area (Å²) in [7, 11) is 0. The van der Waals surface area contributed by atoms with Crippen LogP contribution in [0, 0.1) is 13.8 Å². The van der Waals surface area contributed by atoms with Crippen molar-refractivity contribution in [3.05, 3.63) is 82.7 Å². The Hall–Kier alpha value is -3.94. The van der Waals surface area contributed by atoms with E-state index in [-0.39, 0.29) is 30.4 Å². The van der Waals surface area contributed by atoms with Crippen LogP contribution in [0.25, 0.3) is 0 Å². The Morgan fingerprint density at radius 2 is 1.85 bits per heavy atom. The third kappa shape index (κ3) is 4.19. The van der Waals surface area contributed by atoms with Gasteiger partial charge in [-0.2, -0.15) is 5.10 Å². The number of amides is 2. The Labute approximate surface area is 198 Å². The molecule has 0 bridgehead atoms. The first kappa shape index (κ1) is 23.2. The zero-order valence-electron chi connectivity index (χ0n) is 19.8. The lowest BCUT2D eigenvalue weighted by Crippen LogP contribution is -2.64. The van der Waals surface area contributed by atoms with E-state index < -0.39 is 17.4 Å². The Morgan fingerprint density at radius 1 is 1.12 bits per heavy atom. The first-order valence-corrected chi connectivity index (χ1v) is 11.2. The van der Waals surface area contributed by atoms with E-state index in [2.05, 4.69) is 10.4 Å². The summed E-state index contributed by atoms with van der Waals surface area (Å²) in [5.41, 5.74) is 2.41. The van der Waals surface area contributed by atoms with Gasteiger partial charge in [0.2, 0.25) is 5.91 Å². The number of carbonyl (C=O) groups excluding carboxylic acids is 3. The van der Waals surface area contributed by atoms with Gasteiger partial charge in [-0.1, -0.05) is 42.5 Å². The standard InChI is InChI=1S/C26H28N4O4/c1-5-34-24(32)20-14-22-23(31)30(21-13-17(2)11-12-18(21)3)26(4,16-29(22)28-20)25(33)27-15-19-9-7-6-8-10-19/h6-14H,5,15-16H2,1-4H3,(H,27,33). The lowest BCUT2D eigenvalue weighted by atomic mass is 9.92. The molecule has 8 heteroatoms. The molecule has 34 heavy (non-hydrogen) atoms. The van der Waals surface area contributed by atoms with Gasteiger partial charge in [0.25, 0.3) is 5.91 Å². The molecule has 176 valence electrons. The lowest BCUT2D eigenvalue weighted by Gasteiger charge is -2.43. The molecule has 2 aromatic carbocycles. The Kier molecular flexibility index (Phi) is 6.24. The smallest absolute Gasteiger partial charge is 0.358 e. The van der Waals surface area contributed by atoms with Crippen molar-refractivity contribution in [3.63, 3.8) is 0 Å². The highest BCUT2D eigenvalue weighted by Gasteiger charge is 2.49. The molecule has 0 saturated heterocycles. The van der Waals surface area contributed by atoms with Gasteiger partial charge in [0, 0.05) is 18.3 Å². The SMILES string of the molecule is CCOC(=O)c1cc2n(n1)CC(C)(C(=O)NCc1ccccc1)N(c1cc(C)ccc1C)C2=O. The zero-order chi connectivity index (χ0) is 24.5. The molecule has 1 atom stereocenters. The molecule has 1 N–H and O–H groups in total. The first-order valence-electron chi connectivity index (χ1n) is 11.2. The molecule has 8 nitrogen and oxygen atoms in total. The second-order valence-electron chi connectivity index (χ2n) is 8.67. The number of aromatic nitrogens is 2. The highest BCUT2D eigenvalue weighted by Crippen LogP contribution is 2.35. The summed E-state index contributed by atoms with van der Waals surface area (Å²) in [4.78, 5) is 41.2. The molecular formula is C26H28N4O4. The van der Waals surface area contributed by atoms with Crippen LogP contribution in [0.4, 0.5) is 5.69 Å². The molecule has 3 aromatic rings. The van der Waals surface area contributed by atoms with Crippen molar-refractivity contribution in [2.24, 2.45) is 0 Å². The molecule has 0 fully saturated rings. The summed E-state index contributed by atoms with van der Waals surface area (Å²) in [6.45, 7) is 7.87. The van der Waals surface area contributed by atoms with Gasteiger partial charge in [0.05, 0.1) is 13.2 Å². The predicted octanol–water partition coefficient (Wildman–Crippen LogP) is 3.41. The molecule has 0 saturated carbocycles. The van der Waals surface area contributed by atoms with Crippen LogP contribution in [-0.4, -0.2) is 39.7 Å². The van der Waals surface area contributed by atoms with Gasteiger partial charge >= 0.3 is 5.97 Å². The topological polar surface area (TPSA) is 93.5 Å². The van der Waals surface area contributed by atoms with Gasteiger partial charge < -0.3 is 10.1 Å². The molecule has 2 amide bonds. The van der Waals surface area contributed by atoms with Crippen molar-refractivity contribution in [1.82, 2.24) is 15.1 Å². The third-order valence-electron chi connectivity index (χ3n) is 6.03. The third-order valence-corrected chi connectivity index (χ3v) is 6.03. The van der Waals surface area contributed by atoms with Gasteiger partial charge in [-0.25, -0.2) is 4.79 Å². The van der Waals surface area contributed by atoms with Crippen molar-refractivity contribution in [1.29, 1.82) is 0 Å². The van der Waals surface area contributed by atoms with Gasteiger partial charge in [-0.05, 0) is 50.5 Å². The maximum atomic E-state index is 13.8. The first-order chi connectivity index (χ1) is 16.2. The van der Waals surface area contributed by atoms with Crippen molar-refractivity contribution < 1.29 is 19.1 Å². The molecule has 1 aliphatic rings. The number of ether oxygens (including phenoxy) is 1. The Balaban J connectivity index is 1.77. The second kappa shape index (κ2) is 9.13. The fourth-order valence-corrected chi connectivity index (χ4v) is 4.19. The van der Waals surface area contributed by atoms with Crippen LogP contribution in [0.3, 0.4) is 0 Å². The minimum absolute atomic E-state index is 0.0417. The fraction of sp³-hybridized carbons (Fsp3) is 0.308. The van der Waals surface area contributed by atoms with E-state index in [0.717, 1.165) is 16.7 Å². The van der Waals surface area contributed by atoms with Gasteiger partial charge in [-0.3, -0.25) is 19.2 Å². The Morgan fingerprint density at radius 3 is 2.56 bits per heavy atom. The molecule has 1 unspecified atom stereocenters. The van der Waals surface area contributed by atoms with E-state index in [4.69, 9.17) is 4.74 Å². The highest BCUT2D eigenvalue weighted by molar-refractivity contribution is 6.12. The van der Waals surface area contributed by atoms with Gasteiger partial charge in [0.15, 0.2) is 5.69 Å². The van der Waals surface area contributed by atoms with E-state index >= 15 is 0 Å². The largest absolute Gasteiger partial charge is 0.461 e. The second-order valence-corrected chi connectivity index (χ2v) is 8.67. The van der Waals surface area contributed by atoms with Crippen LogP contribution in [-0.2, 0) is 22.6 Å². The molecule has 1 aromatic heterocycles. The van der Waals surface area contributed by atoms with E-state index in [9.17, 15) is 14.4 Å². The minimum atomic E-state index is -1.28. The molecule has 4 rings (SSSR count). The maximum Gasteiger partial charge on any atom is 0.358 e. The number of benzene rings is 2. The number of hydrogen-bond donors (Lipinski definition) is 1. The molecule has 0 radical (unpaired) electrons. The van der Waals surface area contributed by atoms with E-state index in [1.165, 1.54) is 15.6 Å². The summed E-state index contributed by atoms with van der Waals surface area (Å²) in [6, 6.07) is 16.8. The van der Waals surface area contributed by atoms with Crippen LogP contribution in [0.2, 0.25) is 0 Å². The minimum Gasteiger partial charge on any atom is -0.461 e. The quantitative estimate of drug-likeness (QED) is 0.569. The van der Waals surface area contributed by atoms with E-state index in [1.54, 1.807) is 13.8 Å². The van der Waals surface area contributed by atoms with Crippen LogP contribution >= 0.6 is 0 Å². The van der Waals surface area contributed by atoms with Crippen LogP contribution in [0.1, 0.15) is 51.5 Å². The molecule has 0 spiro atoms. The fourth-order valence-electron chi connectivity index (χ4n) is 4.19. The number of nitrogens with zero attached hydrogens (tertiary/aromatic N) is 3. The number of aryl methyl sites for hydroxylation is 2. The number of carbonyl (C=O) groups is 3. The van der Waals surface area contributed by atoms with Crippen molar-refractivity contribution in [2.45, 2.75) is 46.3 Å². The summed E-state index contributed by atoms with van der Waals surface area (Å²) in [5.74, 6) is -1.32. The number of anilines is 1. The number of rotatable bonds is 6. The number of fused-ring (bicyclic) bond motifs is 1.